The molecule has 0 aromatic heterocycles. The second kappa shape index (κ2) is 6.32. The molecule has 0 heterocycles. The van der Waals surface area contributed by atoms with Gasteiger partial charge in [0.1, 0.15) is 0 Å². The minimum absolute atomic E-state index is 0.0179. The van der Waals surface area contributed by atoms with Gasteiger partial charge in [0.25, 0.3) is 0 Å². The summed E-state index contributed by atoms with van der Waals surface area (Å²) in [5.41, 5.74) is 0.684. The van der Waals surface area contributed by atoms with Crippen LogP contribution in [-0.4, -0.2) is 20.4 Å². The molecule has 0 bridgehead atoms. The lowest BCUT2D eigenvalue weighted by atomic mass is 10.1. The molecule has 0 aliphatic rings. The highest BCUT2D eigenvalue weighted by atomic mass is 32.2. The summed E-state index contributed by atoms with van der Waals surface area (Å²) in [5, 5.41) is 20.4. The van der Waals surface area contributed by atoms with Gasteiger partial charge in [0.15, 0.2) is 0 Å². The Hall–Kier alpha value is -2.50. The first-order chi connectivity index (χ1) is 11.1. The topological polar surface area (TPSA) is 74.6 Å². The largest absolute Gasteiger partial charge is 0.478 e. The van der Waals surface area contributed by atoms with Crippen molar-refractivity contribution in [1.82, 2.24) is 0 Å². The van der Waals surface area contributed by atoms with Crippen LogP contribution in [0.2, 0.25) is 0 Å². The molecule has 0 spiro atoms. The number of aromatic carboxylic acids is 1. The zero-order valence-electron chi connectivity index (χ0n) is 12.1. The summed E-state index contributed by atoms with van der Waals surface area (Å²) in [7, 11) is -1.66. The summed E-state index contributed by atoms with van der Waals surface area (Å²) in [5.74, 6) is -1.11. The van der Waals surface area contributed by atoms with Crippen molar-refractivity contribution in [3.8, 4) is 0 Å². The number of carbonyl (C=O) groups is 1. The van der Waals surface area contributed by atoms with E-state index in [-0.39, 0.29) is 17.1 Å². The van der Waals surface area contributed by atoms with Crippen molar-refractivity contribution in [2.75, 3.05) is 0 Å². The Balaban J connectivity index is 2.26. The fourth-order valence-corrected chi connectivity index (χ4v) is 4.02. The molecule has 2 N–H and O–H groups in total. The Labute approximate surface area is 135 Å². The number of carboxylic acids is 1. The van der Waals surface area contributed by atoms with Crippen molar-refractivity contribution in [2.45, 2.75) is 16.4 Å². The van der Waals surface area contributed by atoms with Crippen molar-refractivity contribution in [1.29, 1.82) is 0 Å². The summed E-state index contributed by atoms with van der Waals surface area (Å²) in [6.07, 6.45) is 0. The van der Waals surface area contributed by atoms with Crippen LogP contribution in [0.15, 0.2) is 70.5 Å². The number of benzene rings is 3. The molecule has 0 saturated carbocycles. The predicted octanol–water partition coefficient (Wildman–Crippen LogP) is 3.20. The molecule has 0 aliphatic heterocycles. The molecule has 0 fully saturated rings. The van der Waals surface area contributed by atoms with Crippen LogP contribution in [0.3, 0.4) is 0 Å². The van der Waals surface area contributed by atoms with Gasteiger partial charge in [0.05, 0.1) is 32.8 Å². The van der Waals surface area contributed by atoms with E-state index in [2.05, 4.69) is 0 Å². The highest BCUT2D eigenvalue weighted by molar-refractivity contribution is 7.85. The number of rotatable bonds is 4. The SMILES string of the molecule is O=C(O)c1ccccc1S(=O)c1cccc2cccc(CO)c12. The van der Waals surface area contributed by atoms with E-state index in [4.69, 9.17) is 0 Å². The third kappa shape index (κ3) is 2.76. The highest BCUT2D eigenvalue weighted by Crippen LogP contribution is 2.29. The molecule has 23 heavy (non-hydrogen) atoms. The molecule has 5 heteroatoms. The van der Waals surface area contributed by atoms with Crippen LogP contribution in [-0.2, 0) is 17.4 Å². The maximum absolute atomic E-state index is 13.0. The van der Waals surface area contributed by atoms with Crippen LogP contribution in [0.1, 0.15) is 15.9 Å². The van der Waals surface area contributed by atoms with Crippen LogP contribution >= 0.6 is 0 Å². The summed E-state index contributed by atoms with van der Waals surface area (Å²) in [6.45, 7) is -0.174. The average Bonchev–Trinajstić information content (AvgIpc) is 2.60. The molecule has 4 nitrogen and oxygen atoms in total. The maximum atomic E-state index is 13.0. The lowest BCUT2D eigenvalue weighted by Crippen LogP contribution is -2.05. The third-order valence-electron chi connectivity index (χ3n) is 3.64. The Morgan fingerprint density at radius 2 is 1.57 bits per heavy atom. The number of carboxylic acid groups (broad SMARTS) is 1. The lowest BCUT2D eigenvalue weighted by Gasteiger charge is -2.11. The van der Waals surface area contributed by atoms with Crippen LogP contribution in [0.25, 0.3) is 10.8 Å². The Morgan fingerprint density at radius 3 is 2.26 bits per heavy atom. The molecule has 3 aromatic carbocycles. The van der Waals surface area contributed by atoms with Crippen molar-refractivity contribution in [2.24, 2.45) is 0 Å². The molecule has 1 atom stereocenters. The van der Waals surface area contributed by atoms with Gasteiger partial charge in [0, 0.05) is 5.39 Å². The molecule has 3 rings (SSSR count). The number of aliphatic hydroxyl groups excluding tert-OH is 1. The summed E-state index contributed by atoms with van der Waals surface area (Å²) < 4.78 is 13.0. The summed E-state index contributed by atoms with van der Waals surface area (Å²) >= 11 is 0. The van der Waals surface area contributed by atoms with Crippen LogP contribution < -0.4 is 0 Å². The van der Waals surface area contributed by atoms with E-state index >= 15 is 0 Å². The van der Waals surface area contributed by atoms with E-state index in [1.165, 1.54) is 6.07 Å². The van der Waals surface area contributed by atoms with Gasteiger partial charge >= 0.3 is 5.97 Å². The fourth-order valence-electron chi connectivity index (χ4n) is 2.59. The first-order valence-corrected chi connectivity index (χ1v) is 8.14. The van der Waals surface area contributed by atoms with Gasteiger partial charge in [-0.2, -0.15) is 0 Å². The highest BCUT2D eigenvalue weighted by Gasteiger charge is 2.19. The number of aliphatic hydroxyl groups is 1. The molecule has 0 radical (unpaired) electrons. The third-order valence-corrected chi connectivity index (χ3v) is 5.14. The Bertz CT molecular complexity index is 913. The number of hydrogen-bond donors (Lipinski definition) is 2. The Morgan fingerprint density at radius 1 is 0.913 bits per heavy atom. The number of hydrogen-bond acceptors (Lipinski definition) is 3. The van der Waals surface area contributed by atoms with Gasteiger partial charge < -0.3 is 10.2 Å². The molecular weight excluding hydrogens is 312 g/mol. The molecule has 0 amide bonds. The minimum Gasteiger partial charge on any atom is -0.478 e. The second-order valence-electron chi connectivity index (χ2n) is 5.00. The van der Waals surface area contributed by atoms with Gasteiger partial charge in [-0.15, -0.1) is 0 Å². The van der Waals surface area contributed by atoms with E-state index in [9.17, 15) is 19.2 Å². The van der Waals surface area contributed by atoms with Crippen molar-refractivity contribution < 1.29 is 19.2 Å². The lowest BCUT2D eigenvalue weighted by molar-refractivity contribution is 0.0693. The van der Waals surface area contributed by atoms with Gasteiger partial charge in [-0.25, -0.2) is 9.00 Å². The average molecular weight is 326 g/mol. The first-order valence-electron chi connectivity index (χ1n) is 6.99. The van der Waals surface area contributed by atoms with Gasteiger partial charge in [-0.05, 0) is 29.1 Å². The molecule has 116 valence electrons. The van der Waals surface area contributed by atoms with Crippen molar-refractivity contribution in [3.63, 3.8) is 0 Å². The smallest absolute Gasteiger partial charge is 0.336 e. The molecule has 0 saturated heterocycles. The summed E-state index contributed by atoms with van der Waals surface area (Å²) in [6, 6.07) is 17.1. The van der Waals surface area contributed by atoms with E-state index < -0.39 is 16.8 Å². The van der Waals surface area contributed by atoms with Crippen LogP contribution in [0.4, 0.5) is 0 Å². The summed E-state index contributed by atoms with van der Waals surface area (Å²) in [4.78, 5) is 12.1. The minimum atomic E-state index is -1.66. The molecule has 1 unspecified atom stereocenters. The van der Waals surface area contributed by atoms with E-state index in [0.29, 0.717) is 15.8 Å². The van der Waals surface area contributed by atoms with Gasteiger partial charge in [0.2, 0.25) is 0 Å². The predicted molar refractivity (Wildman–Crippen MR) is 87.9 cm³/mol. The second-order valence-corrected chi connectivity index (χ2v) is 6.42. The monoisotopic (exact) mass is 326 g/mol. The van der Waals surface area contributed by atoms with Crippen molar-refractivity contribution >= 4 is 27.5 Å². The first kappa shape index (κ1) is 15.4. The zero-order chi connectivity index (χ0) is 16.4. The zero-order valence-corrected chi connectivity index (χ0v) is 12.9. The quantitative estimate of drug-likeness (QED) is 0.772. The maximum Gasteiger partial charge on any atom is 0.336 e. The van der Waals surface area contributed by atoms with Crippen molar-refractivity contribution in [3.05, 3.63) is 71.8 Å². The van der Waals surface area contributed by atoms with E-state index in [1.54, 1.807) is 36.4 Å². The number of fused-ring (bicyclic) bond motifs is 1. The molecule has 3 aromatic rings. The molecular formula is C18H14O4S. The Kier molecular flexibility index (Phi) is 4.23. The standard InChI is InChI=1S/C18H14O4S/c19-11-13-7-3-5-12-6-4-10-16(17(12)13)23(22)15-9-2-1-8-14(15)18(20)21/h1-10,19H,11H2,(H,20,21). The van der Waals surface area contributed by atoms with E-state index in [1.807, 2.05) is 18.2 Å². The van der Waals surface area contributed by atoms with Gasteiger partial charge in [-0.3, -0.25) is 0 Å². The van der Waals surface area contributed by atoms with Crippen LogP contribution in [0, 0.1) is 0 Å². The molecule has 0 aliphatic carbocycles. The van der Waals surface area contributed by atoms with Crippen LogP contribution in [0.5, 0.6) is 0 Å². The fraction of sp³-hybridized carbons (Fsp3) is 0.0556. The van der Waals surface area contributed by atoms with E-state index in [0.717, 1.165) is 5.39 Å². The normalized spacial score (nSPS) is 12.2. The van der Waals surface area contributed by atoms with Gasteiger partial charge in [-0.1, -0.05) is 42.5 Å².